The van der Waals surface area contributed by atoms with Crippen molar-refractivity contribution in [1.82, 2.24) is 4.72 Å². The van der Waals surface area contributed by atoms with Crippen LogP contribution in [-0.2, 0) is 0 Å². The normalized spacial score (nSPS) is 15.6. The van der Waals surface area contributed by atoms with Gasteiger partial charge in [0.1, 0.15) is 0 Å². The molecule has 0 aromatic heterocycles. The number of nitrogens with one attached hydrogen (secondary N) is 1. The summed E-state index contributed by atoms with van der Waals surface area (Å²) in [4.78, 5) is 0. The van der Waals surface area contributed by atoms with Crippen molar-refractivity contribution in [3.05, 3.63) is 0 Å². The van der Waals surface area contributed by atoms with E-state index in [1.165, 1.54) is 13.8 Å². The van der Waals surface area contributed by atoms with Gasteiger partial charge in [0.15, 0.2) is 0 Å². The van der Waals surface area contributed by atoms with Gasteiger partial charge in [-0.05, 0) is 37.6 Å². The molecule has 0 aliphatic carbocycles. The minimum absolute atomic E-state index is 0.261. The molecule has 0 rings (SSSR count). The van der Waals surface area contributed by atoms with E-state index in [0.717, 1.165) is 0 Å². The quantitative estimate of drug-likeness (QED) is 0.410. The van der Waals surface area contributed by atoms with Crippen LogP contribution in [0.2, 0.25) is 0 Å². The van der Waals surface area contributed by atoms with Gasteiger partial charge in [0.2, 0.25) is 0 Å². The lowest BCUT2D eigenvalue weighted by Crippen LogP contribution is -2.53. The molecule has 0 spiro atoms. The average Bonchev–Trinajstić information content (AvgIpc) is 2.06. The second-order valence-electron chi connectivity index (χ2n) is 6.42. The molecule has 0 saturated carbocycles. The van der Waals surface area contributed by atoms with E-state index in [2.05, 4.69) is 4.72 Å². The Kier molecular flexibility index (Phi) is 5.81. The smallest absolute Gasteiger partial charge is 0.256 e. The molecule has 1 N–H and O–H groups in total. The van der Waals surface area contributed by atoms with Gasteiger partial charge in [0.05, 0.1) is 0 Å². The number of rotatable bonds is 4. The molecule has 1 nitrogen and oxygen atoms in total. The molecule has 0 radical (unpaired) electrons. The van der Waals surface area contributed by atoms with Gasteiger partial charge in [-0.3, -0.25) is 4.72 Å². The van der Waals surface area contributed by atoms with E-state index in [9.17, 15) is 26.3 Å². The van der Waals surface area contributed by atoms with E-state index in [-0.39, 0.29) is 5.41 Å². The van der Waals surface area contributed by atoms with Crippen molar-refractivity contribution in [2.75, 3.05) is 0 Å². The zero-order chi connectivity index (χ0) is 16.6. The predicted molar refractivity (Wildman–Crippen MR) is 69.6 cm³/mol. The summed E-state index contributed by atoms with van der Waals surface area (Å²) in [5, 5.41) is 0. The van der Waals surface area contributed by atoms with Crippen LogP contribution >= 0.6 is 23.5 Å². The lowest BCUT2D eigenvalue weighted by Gasteiger charge is -2.37. The molecular weight excluding hydrogens is 328 g/mol. The first-order valence-corrected chi connectivity index (χ1v) is 6.88. The van der Waals surface area contributed by atoms with Gasteiger partial charge in [0, 0.05) is 5.54 Å². The van der Waals surface area contributed by atoms with Crippen LogP contribution in [0.4, 0.5) is 26.3 Å². The second kappa shape index (κ2) is 5.76. The van der Waals surface area contributed by atoms with Gasteiger partial charge in [-0.25, -0.2) is 0 Å². The van der Waals surface area contributed by atoms with Crippen LogP contribution in [0.5, 0.6) is 0 Å². The number of halogens is 7. The first-order chi connectivity index (χ1) is 8.41. The van der Waals surface area contributed by atoms with E-state index in [1.807, 2.05) is 20.8 Å². The molecule has 20 heavy (non-hydrogen) atoms. The lowest BCUT2D eigenvalue weighted by molar-refractivity contribution is -0.239. The highest BCUT2D eigenvalue weighted by atomic mass is 35.5. The summed E-state index contributed by atoms with van der Waals surface area (Å²) < 4.78 is 73.5. The molecule has 0 aromatic carbocycles. The Bertz CT molecular complexity index is 317. The van der Waals surface area contributed by atoms with Gasteiger partial charge < -0.3 is 0 Å². The van der Waals surface area contributed by atoms with Gasteiger partial charge in [0.25, 0.3) is 4.21 Å². The minimum atomic E-state index is -5.62. The summed E-state index contributed by atoms with van der Waals surface area (Å²) in [5.41, 5.74) is -1.21. The van der Waals surface area contributed by atoms with Crippen molar-refractivity contribution in [2.24, 2.45) is 5.41 Å². The van der Waals surface area contributed by atoms with E-state index >= 15 is 0 Å². The fourth-order valence-corrected chi connectivity index (χ4v) is 2.68. The summed E-state index contributed by atoms with van der Waals surface area (Å²) in [5.74, 6) is 0. The molecule has 0 saturated heterocycles. The highest BCUT2D eigenvalue weighted by Gasteiger charge is 2.71. The molecule has 122 valence electrons. The zero-order valence-corrected chi connectivity index (χ0v) is 13.3. The van der Waals surface area contributed by atoms with E-state index in [4.69, 9.17) is 11.6 Å². The zero-order valence-electron chi connectivity index (χ0n) is 11.8. The fourth-order valence-electron chi connectivity index (χ4n) is 1.85. The van der Waals surface area contributed by atoms with Crippen LogP contribution in [0, 0.1) is 5.41 Å². The Hall–Kier alpha value is 0.180. The monoisotopic (exact) mass is 345 g/mol. The van der Waals surface area contributed by atoms with Gasteiger partial charge in [-0.2, -0.15) is 26.3 Å². The van der Waals surface area contributed by atoms with Gasteiger partial charge >= 0.3 is 12.4 Å². The fraction of sp³-hybridized carbons (Fsp3) is 1.00. The van der Waals surface area contributed by atoms with Crippen LogP contribution in [0.25, 0.3) is 0 Å². The molecule has 0 unspecified atom stereocenters. The van der Waals surface area contributed by atoms with Crippen molar-refractivity contribution in [1.29, 1.82) is 0 Å². The summed E-state index contributed by atoms with van der Waals surface area (Å²) in [6, 6.07) is 0. The molecule has 0 fully saturated rings. The summed E-state index contributed by atoms with van der Waals surface area (Å²) in [6.07, 6.45) is -10.9. The molecule has 9 heteroatoms. The van der Waals surface area contributed by atoms with Crippen LogP contribution in [0.3, 0.4) is 0 Å². The molecule has 0 aliphatic rings. The Morgan fingerprint density at radius 3 is 1.45 bits per heavy atom. The maximum atomic E-state index is 12.6. The number of alkyl halides is 7. The van der Waals surface area contributed by atoms with Crippen LogP contribution in [-0.4, -0.2) is 22.1 Å². The van der Waals surface area contributed by atoms with Crippen LogP contribution in [0.1, 0.15) is 41.0 Å². The number of hydrogen-bond acceptors (Lipinski definition) is 2. The standard InChI is InChI=1S/C11H18ClF6NS/c1-7(2,3)6-8(4,5)19-20-9(12,10(13,14)15)11(16,17)18/h19H,6H2,1-5H3. The Morgan fingerprint density at radius 2 is 1.20 bits per heavy atom. The average molecular weight is 346 g/mol. The van der Waals surface area contributed by atoms with Crippen LogP contribution < -0.4 is 4.72 Å². The second-order valence-corrected chi connectivity index (χ2v) is 8.23. The molecule has 0 atom stereocenters. The van der Waals surface area contributed by atoms with E-state index in [1.54, 1.807) is 0 Å². The number of hydrogen-bond donors (Lipinski definition) is 1. The van der Waals surface area contributed by atoms with Crippen molar-refractivity contribution in [3.8, 4) is 0 Å². The minimum Gasteiger partial charge on any atom is -0.256 e. The Labute approximate surface area is 123 Å². The van der Waals surface area contributed by atoms with Crippen molar-refractivity contribution < 1.29 is 26.3 Å². The first-order valence-electron chi connectivity index (χ1n) is 5.69. The highest BCUT2D eigenvalue weighted by molar-refractivity contribution is 8.00. The molecular formula is C11H18ClF6NS. The van der Waals surface area contributed by atoms with E-state index < -0.39 is 34.0 Å². The summed E-state index contributed by atoms with van der Waals surface area (Å²) in [6.45, 7) is 8.55. The van der Waals surface area contributed by atoms with Crippen LogP contribution in [0.15, 0.2) is 0 Å². The van der Waals surface area contributed by atoms with Crippen molar-refractivity contribution >= 4 is 23.5 Å². The maximum absolute atomic E-state index is 12.6. The Balaban J connectivity index is 5.08. The largest absolute Gasteiger partial charge is 0.427 e. The van der Waals surface area contributed by atoms with Gasteiger partial charge in [-0.1, -0.05) is 32.4 Å². The molecule has 0 bridgehead atoms. The molecule has 0 heterocycles. The van der Waals surface area contributed by atoms with Crippen molar-refractivity contribution in [2.45, 2.75) is 63.1 Å². The molecule has 0 amide bonds. The lowest BCUT2D eigenvalue weighted by atomic mass is 9.82. The highest BCUT2D eigenvalue weighted by Crippen LogP contribution is 2.54. The summed E-state index contributed by atoms with van der Waals surface area (Å²) in [7, 11) is 0. The predicted octanol–water partition coefficient (Wildman–Crippen LogP) is 5.50. The molecule has 0 aromatic rings. The SMILES string of the molecule is CC(C)(C)CC(C)(C)NSC(Cl)(C(F)(F)F)C(F)(F)F. The third kappa shape index (κ3) is 5.52. The Morgan fingerprint density at radius 1 is 0.850 bits per heavy atom. The van der Waals surface area contributed by atoms with Gasteiger partial charge in [-0.15, -0.1) is 0 Å². The third-order valence-corrected chi connectivity index (χ3v) is 4.23. The molecule has 0 aliphatic heterocycles. The summed E-state index contributed by atoms with van der Waals surface area (Å²) >= 11 is 4.27. The first kappa shape index (κ1) is 20.2. The topological polar surface area (TPSA) is 12.0 Å². The third-order valence-electron chi connectivity index (χ3n) is 2.17. The van der Waals surface area contributed by atoms with E-state index in [0.29, 0.717) is 6.42 Å². The maximum Gasteiger partial charge on any atom is 0.427 e. The van der Waals surface area contributed by atoms with Crippen molar-refractivity contribution in [3.63, 3.8) is 0 Å².